The number of ether oxygens (including phenoxy) is 1. The number of nitrogens with zero attached hydrogens (tertiary/aromatic N) is 1. The van der Waals surface area contributed by atoms with Gasteiger partial charge in [0.15, 0.2) is 0 Å². The smallest absolute Gasteiger partial charge is 0.312 e. The quantitative estimate of drug-likeness (QED) is 0.827. The van der Waals surface area contributed by atoms with Crippen molar-refractivity contribution in [2.45, 2.75) is 12.5 Å². The van der Waals surface area contributed by atoms with E-state index in [2.05, 4.69) is 4.74 Å². The molecule has 2 N–H and O–H groups in total. The van der Waals surface area contributed by atoms with Crippen molar-refractivity contribution in [3.05, 3.63) is 35.9 Å². The molecule has 1 fully saturated rings. The maximum absolute atomic E-state index is 12.0. The van der Waals surface area contributed by atoms with Gasteiger partial charge >= 0.3 is 5.97 Å². The molecule has 1 aromatic rings. The van der Waals surface area contributed by atoms with Crippen LogP contribution >= 0.6 is 12.4 Å². The first-order valence-electron chi connectivity index (χ1n) is 6.28. The summed E-state index contributed by atoms with van der Waals surface area (Å²) >= 11 is 0. The van der Waals surface area contributed by atoms with E-state index >= 15 is 0 Å². The van der Waals surface area contributed by atoms with E-state index in [9.17, 15) is 9.59 Å². The van der Waals surface area contributed by atoms with Crippen molar-refractivity contribution < 1.29 is 14.3 Å². The number of carbonyl (C=O) groups is 2. The van der Waals surface area contributed by atoms with Crippen molar-refractivity contribution >= 4 is 24.3 Å². The molecule has 1 saturated heterocycles. The lowest BCUT2D eigenvalue weighted by molar-refractivity contribution is -0.156. The van der Waals surface area contributed by atoms with Crippen LogP contribution in [0, 0.1) is 5.92 Å². The maximum atomic E-state index is 12.0. The average Bonchev–Trinajstić information content (AvgIpc) is 2.37. The van der Waals surface area contributed by atoms with Gasteiger partial charge in [0.25, 0.3) is 0 Å². The maximum Gasteiger partial charge on any atom is 0.312 e. The minimum absolute atomic E-state index is 0. The molecular formula is C14H19ClN2O3. The lowest BCUT2D eigenvalue weighted by Gasteiger charge is -2.38. The number of likely N-dealkylation sites (tertiary alicyclic amines) is 1. The Kier molecular flexibility index (Phi) is 5.98. The zero-order valence-corrected chi connectivity index (χ0v) is 12.1. The molecule has 5 nitrogen and oxygen atoms in total. The van der Waals surface area contributed by atoms with Crippen molar-refractivity contribution in [2.75, 3.05) is 20.2 Å². The van der Waals surface area contributed by atoms with Crippen LogP contribution in [0.15, 0.2) is 30.3 Å². The summed E-state index contributed by atoms with van der Waals surface area (Å²) in [6.45, 7) is 0.821. The van der Waals surface area contributed by atoms with Gasteiger partial charge in [-0.15, -0.1) is 12.4 Å². The Bertz CT molecular complexity index is 461. The summed E-state index contributed by atoms with van der Waals surface area (Å²) < 4.78 is 4.63. The Labute approximate surface area is 124 Å². The zero-order chi connectivity index (χ0) is 13.8. The van der Waals surface area contributed by atoms with E-state index in [0.29, 0.717) is 19.5 Å². The Morgan fingerprint density at radius 1 is 1.35 bits per heavy atom. The second-order valence-electron chi connectivity index (χ2n) is 4.76. The van der Waals surface area contributed by atoms with Crippen molar-refractivity contribution in [1.82, 2.24) is 4.90 Å². The SMILES string of the molecule is COC(=O)C1CN(C(=O)[C@@H](N)Cc2ccccc2)C1.Cl. The van der Waals surface area contributed by atoms with Crippen LogP contribution in [0.25, 0.3) is 0 Å². The molecule has 6 heteroatoms. The molecule has 20 heavy (non-hydrogen) atoms. The Morgan fingerprint density at radius 3 is 2.50 bits per heavy atom. The van der Waals surface area contributed by atoms with Crippen LogP contribution in [0.5, 0.6) is 0 Å². The lowest BCUT2D eigenvalue weighted by Crippen LogP contribution is -2.57. The number of halogens is 1. The summed E-state index contributed by atoms with van der Waals surface area (Å²) in [6, 6.07) is 9.10. The van der Waals surface area contributed by atoms with Crippen LogP contribution in [0.1, 0.15) is 5.56 Å². The van der Waals surface area contributed by atoms with Crippen LogP contribution in [0.4, 0.5) is 0 Å². The van der Waals surface area contributed by atoms with Crippen LogP contribution in [-0.4, -0.2) is 43.0 Å². The number of rotatable bonds is 4. The van der Waals surface area contributed by atoms with E-state index in [1.165, 1.54) is 7.11 Å². The first kappa shape index (κ1) is 16.5. The van der Waals surface area contributed by atoms with E-state index in [0.717, 1.165) is 5.56 Å². The van der Waals surface area contributed by atoms with Gasteiger partial charge in [-0.25, -0.2) is 0 Å². The van der Waals surface area contributed by atoms with E-state index in [1.807, 2.05) is 30.3 Å². The van der Waals surface area contributed by atoms with E-state index < -0.39 is 6.04 Å². The van der Waals surface area contributed by atoms with Crippen molar-refractivity contribution in [3.63, 3.8) is 0 Å². The number of esters is 1. The third-order valence-corrected chi connectivity index (χ3v) is 3.34. The minimum Gasteiger partial charge on any atom is -0.469 e. The van der Waals surface area contributed by atoms with Crippen LogP contribution in [0.3, 0.4) is 0 Å². The van der Waals surface area contributed by atoms with Gasteiger partial charge in [-0.2, -0.15) is 0 Å². The Morgan fingerprint density at radius 2 is 1.95 bits per heavy atom. The van der Waals surface area contributed by atoms with Crippen LogP contribution in [0.2, 0.25) is 0 Å². The van der Waals surface area contributed by atoms with Crippen LogP contribution < -0.4 is 5.73 Å². The summed E-state index contributed by atoms with van der Waals surface area (Å²) in [5, 5.41) is 0. The number of hydrogen-bond acceptors (Lipinski definition) is 4. The highest BCUT2D eigenvalue weighted by atomic mass is 35.5. The molecule has 0 aromatic heterocycles. The van der Waals surface area contributed by atoms with Crippen LogP contribution in [-0.2, 0) is 20.7 Å². The van der Waals surface area contributed by atoms with Gasteiger partial charge in [0.05, 0.1) is 19.1 Å². The average molecular weight is 299 g/mol. The molecular weight excluding hydrogens is 280 g/mol. The van der Waals surface area contributed by atoms with Gasteiger partial charge in [-0.05, 0) is 12.0 Å². The molecule has 0 unspecified atom stereocenters. The number of hydrogen-bond donors (Lipinski definition) is 1. The highest BCUT2D eigenvalue weighted by Crippen LogP contribution is 2.18. The Hall–Kier alpha value is -1.59. The third kappa shape index (κ3) is 3.71. The molecule has 0 saturated carbocycles. The van der Waals surface area contributed by atoms with Gasteiger partial charge in [0, 0.05) is 13.1 Å². The summed E-state index contributed by atoms with van der Waals surface area (Å²) in [6.07, 6.45) is 0.513. The highest BCUT2D eigenvalue weighted by molar-refractivity contribution is 5.85. The molecule has 110 valence electrons. The molecule has 1 amide bonds. The fourth-order valence-electron chi connectivity index (χ4n) is 2.16. The molecule has 2 rings (SSSR count). The predicted molar refractivity (Wildman–Crippen MR) is 77.5 cm³/mol. The molecule has 1 aliphatic rings. The Balaban J connectivity index is 0.00000200. The van der Waals surface area contributed by atoms with Gasteiger partial charge in [0.2, 0.25) is 5.91 Å². The molecule has 0 aliphatic carbocycles. The second-order valence-corrected chi connectivity index (χ2v) is 4.76. The number of methoxy groups -OCH3 is 1. The molecule has 0 radical (unpaired) electrons. The van der Waals surface area contributed by atoms with Crippen molar-refractivity contribution in [2.24, 2.45) is 11.7 Å². The summed E-state index contributed by atoms with van der Waals surface area (Å²) in [7, 11) is 1.36. The van der Waals surface area contributed by atoms with Crippen molar-refractivity contribution in [3.8, 4) is 0 Å². The number of carbonyl (C=O) groups excluding carboxylic acids is 2. The van der Waals surface area contributed by atoms with Gasteiger partial charge in [-0.1, -0.05) is 30.3 Å². The fraction of sp³-hybridized carbons (Fsp3) is 0.429. The summed E-state index contributed by atoms with van der Waals surface area (Å²) in [4.78, 5) is 24.9. The third-order valence-electron chi connectivity index (χ3n) is 3.34. The number of nitrogens with two attached hydrogens (primary N) is 1. The topological polar surface area (TPSA) is 72.6 Å². The van der Waals surface area contributed by atoms with E-state index in [1.54, 1.807) is 4.90 Å². The second kappa shape index (κ2) is 7.26. The monoisotopic (exact) mass is 298 g/mol. The zero-order valence-electron chi connectivity index (χ0n) is 11.3. The minimum atomic E-state index is -0.555. The summed E-state index contributed by atoms with van der Waals surface area (Å²) in [5.74, 6) is -0.567. The molecule has 1 aliphatic heterocycles. The number of benzene rings is 1. The van der Waals surface area contributed by atoms with E-state index in [4.69, 9.17) is 5.73 Å². The summed E-state index contributed by atoms with van der Waals surface area (Å²) in [5.41, 5.74) is 6.94. The molecule has 1 aromatic carbocycles. The van der Waals surface area contributed by atoms with Gasteiger partial charge < -0.3 is 15.4 Å². The molecule has 1 atom stereocenters. The first-order valence-corrected chi connectivity index (χ1v) is 6.28. The lowest BCUT2D eigenvalue weighted by atomic mass is 9.97. The fourth-order valence-corrected chi connectivity index (χ4v) is 2.16. The standard InChI is InChI=1S/C14H18N2O3.ClH/c1-19-14(18)11-8-16(9-11)13(17)12(15)7-10-5-3-2-4-6-10;/h2-6,11-12H,7-9,15H2,1H3;1H/t12-;/m0./s1. The predicted octanol–water partition coefficient (Wildman–Crippen LogP) is 0.610. The van der Waals surface area contributed by atoms with Gasteiger partial charge in [0.1, 0.15) is 0 Å². The highest BCUT2D eigenvalue weighted by Gasteiger charge is 2.37. The molecule has 0 bridgehead atoms. The van der Waals surface area contributed by atoms with Crippen molar-refractivity contribution in [1.29, 1.82) is 0 Å². The molecule has 0 spiro atoms. The molecule has 1 heterocycles. The van der Waals surface area contributed by atoms with Gasteiger partial charge in [-0.3, -0.25) is 9.59 Å². The van der Waals surface area contributed by atoms with E-state index in [-0.39, 0.29) is 30.2 Å². The number of amides is 1. The first-order chi connectivity index (χ1) is 9.11. The normalized spacial score (nSPS) is 15.8. The largest absolute Gasteiger partial charge is 0.469 e.